The minimum absolute atomic E-state index is 0.110. The SMILES string of the molecule is O=C(O)c1cccc([N+](=O)[O-])c1C(=O)Nc1cc(Cl)ccc1Cl. The third-order valence-corrected chi connectivity index (χ3v) is 3.44. The van der Waals surface area contributed by atoms with Gasteiger partial charge in [0.1, 0.15) is 5.56 Å². The number of carboxylic acids is 1. The van der Waals surface area contributed by atoms with Crippen LogP contribution >= 0.6 is 23.2 Å². The highest BCUT2D eigenvalue weighted by Crippen LogP contribution is 2.28. The number of carbonyl (C=O) groups is 2. The molecule has 0 heterocycles. The van der Waals surface area contributed by atoms with Gasteiger partial charge in [-0.3, -0.25) is 14.9 Å². The van der Waals surface area contributed by atoms with Crippen LogP contribution in [0.15, 0.2) is 36.4 Å². The third kappa shape index (κ3) is 3.58. The number of hydrogen-bond acceptors (Lipinski definition) is 4. The number of halogens is 2. The quantitative estimate of drug-likeness (QED) is 0.639. The van der Waals surface area contributed by atoms with Crippen LogP contribution in [0.5, 0.6) is 0 Å². The highest BCUT2D eigenvalue weighted by atomic mass is 35.5. The summed E-state index contributed by atoms with van der Waals surface area (Å²) in [5.41, 5.74) is -1.57. The first-order chi connectivity index (χ1) is 10.8. The summed E-state index contributed by atoms with van der Waals surface area (Å²) in [5, 5.41) is 23.0. The number of amides is 1. The lowest BCUT2D eigenvalue weighted by Crippen LogP contribution is -2.18. The van der Waals surface area contributed by atoms with Crippen molar-refractivity contribution < 1.29 is 19.6 Å². The van der Waals surface area contributed by atoms with Crippen molar-refractivity contribution >= 4 is 46.5 Å². The lowest BCUT2D eigenvalue weighted by molar-refractivity contribution is -0.385. The van der Waals surface area contributed by atoms with E-state index in [0.29, 0.717) is 0 Å². The molecule has 0 radical (unpaired) electrons. The molecule has 0 unspecified atom stereocenters. The summed E-state index contributed by atoms with van der Waals surface area (Å²) in [6, 6.07) is 7.59. The van der Waals surface area contributed by atoms with Crippen LogP contribution < -0.4 is 5.32 Å². The van der Waals surface area contributed by atoms with Crippen molar-refractivity contribution in [2.45, 2.75) is 0 Å². The second-order valence-corrected chi connectivity index (χ2v) is 5.18. The summed E-state index contributed by atoms with van der Waals surface area (Å²) in [6.45, 7) is 0. The highest BCUT2D eigenvalue weighted by Gasteiger charge is 2.27. The van der Waals surface area contributed by atoms with Gasteiger partial charge in [-0.05, 0) is 24.3 Å². The second-order valence-electron chi connectivity index (χ2n) is 4.34. The van der Waals surface area contributed by atoms with Crippen LogP contribution in [0, 0.1) is 10.1 Å². The minimum atomic E-state index is -1.46. The normalized spacial score (nSPS) is 10.2. The van der Waals surface area contributed by atoms with Crippen LogP contribution in [-0.2, 0) is 0 Å². The first kappa shape index (κ1) is 16.7. The zero-order valence-electron chi connectivity index (χ0n) is 11.2. The second kappa shape index (κ2) is 6.64. The molecule has 0 aliphatic heterocycles. The zero-order chi connectivity index (χ0) is 17.1. The van der Waals surface area contributed by atoms with Crippen molar-refractivity contribution in [1.82, 2.24) is 0 Å². The Hall–Kier alpha value is -2.64. The molecule has 2 N–H and O–H groups in total. The van der Waals surface area contributed by atoms with Crippen LogP contribution in [0.2, 0.25) is 10.0 Å². The molecule has 0 fully saturated rings. The fraction of sp³-hybridized carbons (Fsp3) is 0. The Kier molecular flexibility index (Phi) is 4.83. The fourth-order valence-electron chi connectivity index (χ4n) is 1.89. The number of nitrogens with zero attached hydrogens (tertiary/aromatic N) is 1. The number of hydrogen-bond donors (Lipinski definition) is 2. The van der Waals surface area contributed by atoms with Gasteiger partial charge in [0.15, 0.2) is 0 Å². The number of rotatable bonds is 4. The van der Waals surface area contributed by atoms with Gasteiger partial charge in [0.25, 0.3) is 11.6 Å². The van der Waals surface area contributed by atoms with E-state index in [1.165, 1.54) is 24.3 Å². The van der Waals surface area contributed by atoms with E-state index in [4.69, 9.17) is 28.3 Å². The minimum Gasteiger partial charge on any atom is -0.478 e. The number of benzene rings is 2. The summed E-state index contributed by atoms with van der Waals surface area (Å²) in [6.07, 6.45) is 0. The topological polar surface area (TPSA) is 110 Å². The van der Waals surface area contributed by atoms with Crippen molar-refractivity contribution in [3.05, 3.63) is 67.7 Å². The molecule has 7 nitrogen and oxygen atoms in total. The smallest absolute Gasteiger partial charge is 0.336 e. The summed E-state index contributed by atoms with van der Waals surface area (Å²) in [4.78, 5) is 33.8. The van der Waals surface area contributed by atoms with E-state index in [0.717, 1.165) is 12.1 Å². The molecule has 118 valence electrons. The summed E-state index contributed by atoms with van der Waals surface area (Å²) in [5.74, 6) is -2.44. The van der Waals surface area contributed by atoms with Crippen molar-refractivity contribution in [1.29, 1.82) is 0 Å². The van der Waals surface area contributed by atoms with Crippen LogP contribution in [0.25, 0.3) is 0 Å². The molecule has 2 aromatic carbocycles. The van der Waals surface area contributed by atoms with E-state index in [1.807, 2.05) is 0 Å². The number of carbonyl (C=O) groups excluding carboxylic acids is 1. The number of nitro benzene ring substituents is 1. The molecule has 2 rings (SSSR count). The van der Waals surface area contributed by atoms with Gasteiger partial charge < -0.3 is 10.4 Å². The number of aromatic carboxylic acids is 1. The van der Waals surface area contributed by atoms with E-state index in [2.05, 4.69) is 5.32 Å². The van der Waals surface area contributed by atoms with Gasteiger partial charge in [-0.15, -0.1) is 0 Å². The van der Waals surface area contributed by atoms with E-state index in [-0.39, 0.29) is 15.7 Å². The number of nitro groups is 1. The van der Waals surface area contributed by atoms with E-state index in [1.54, 1.807) is 0 Å². The van der Waals surface area contributed by atoms with Crippen molar-refractivity contribution in [3.63, 3.8) is 0 Å². The maximum Gasteiger partial charge on any atom is 0.336 e. The van der Waals surface area contributed by atoms with Crippen molar-refractivity contribution in [2.75, 3.05) is 5.32 Å². The van der Waals surface area contributed by atoms with Crippen molar-refractivity contribution in [2.24, 2.45) is 0 Å². The van der Waals surface area contributed by atoms with Crippen molar-refractivity contribution in [3.8, 4) is 0 Å². The van der Waals surface area contributed by atoms with Crippen LogP contribution in [0.1, 0.15) is 20.7 Å². The first-order valence-corrected chi connectivity index (χ1v) is 6.84. The molecule has 0 spiro atoms. The van der Waals surface area contributed by atoms with E-state index >= 15 is 0 Å². The first-order valence-electron chi connectivity index (χ1n) is 6.08. The number of nitrogens with one attached hydrogen (secondary N) is 1. The van der Waals surface area contributed by atoms with Gasteiger partial charge in [-0.2, -0.15) is 0 Å². The molecule has 0 atom stereocenters. The highest BCUT2D eigenvalue weighted by molar-refractivity contribution is 6.36. The summed E-state index contributed by atoms with van der Waals surface area (Å²) >= 11 is 11.7. The monoisotopic (exact) mass is 354 g/mol. The number of carboxylic acid groups (broad SMARTS) is 1. The molecule has 0 aliphatic carbocycles. The average Bonchev–Trinajstić information content (AvgIpc) is 2.49. The predicted octanol–water partition coefficient (Wildman–Crippen LogP) is 3.85. The molecule has 1 amide bonds. The maximum absolute atomic E-state index is 12.3. The molecule has 0 saturated carbocycles. The molecule has 2 aromatic rings. The van der Waals surface area contributed by atoms with Gasteiger partial charge in [0.05, 0.1) is 21.2 Å². The van der Waals surface area contributed by atoms with E-state index < -0.39 is 33.6 Å². The summed E-state index contributed by atoms with van der Waals surface area (Å²) in [7, 11) is 0. The van der Waals surface area contributed by atoms with Gasteiger partial charge in [-0.25, -0.2) is 4.79 Å². The molecular weight excluding hydrogens is 347 g/mol. The zero-order valence-corrected chi connectivity index (χ0v) is 12.8. The lowest BCUT2D eigenvalue weighted by atomic mass is 10.0. The van der Waals surface area contributed by atoms with Crippen LogP contribution in [-0.4, -0.2) is 21.9 Å². The standard InChI is InChI=1S/C14H8Cl2N2O5/c15-7-4-5-9(16)10(6-7)17-13(19)12-8(14(20)21)2-1-3-11(12)18(22)23/h1-6H,(H,17,19)(H,20,21). The largest absolute Gasteiger partial charge is 0.478 e. The average molecular weight is 355 g/mol. The molecular formula is C14H8Cl2N2O5. The fourth-order valence-corrected chi connectivity index (χ4v) is 2.22. The Morgan fingerprint density at radius 1 is 1.17 bits per heavy atom. The van der Waals surface area contributed by atoms with Gasteiger partial charge in [-0.1, -0.05) is 29.3 Å². The Bertz CT molecular complexity index is 791. The Balaban J connectivity index is 2.52. The molecule has 9 heteroatoms. The maximum atomic E-state index is 12.3. The Morgan fingerprint density at radius 2 is 1.87 bits per heavy atom. The summed E-state index contributed by atoms with van der Waals surface area (Å²) < 4.78 is 0. The molecule has 23 heavy (non-hydrogen) atoms. The molecule has 0 aromatic heterocycles. The predicted molar refractivity (Wildman–Crippen MR) is 84.5 cm³/mol. The molecule has 0 saturated heterocycles. The van der Waals surface area contributed by atoms with Gasteiger partial charge in [0.2, 0.25) is 0 Å². The Labute approximate surface area is 139 Å². The van der Waals surface area contributed by atoms with Gasteiger partial charge >= 0.3 is 5.97 Å². The molecule has 0 aliphatic rings. The van der Waals surface area contributed by atoms with Crippen LogP contribution in [0.3, 0.4) is 0 Å². The molecule has 0 bridgehead atoms. The van der Waals surface area contributed by atoms with Gasteiger partial charge in [0, 0.05) is 11.1 Å². The van der Waals surface area contributed by atoms with E-state index in [9.17, 15) is 19.7 Å². The number of anilines is 1. The Morgan fingerprint density at radius 3 is 2.48 bits per heavy atom. The third-order valence-electron chi connectivity index (χ3n) is 2.87. The lowest BCUT2D eigenvalue weighted by Gasteiger charge is -2.10. The van der Waals surface area contributed by atoms with Crippen LogP contribution in [0.4, 0.5) is 11.4 Å².